The predicted molar refractivity (Wildman–Crippen MR) is 63.6 cm³/mol. The zero-order valence-corrected chi connectivity index (χ0v) is 10.2. The van der Waals surface area contributed by atoms with Gasteiger partial charge in [0.2, 0.25) is 0 Å². The van der Waals surface area contributed by atoms with E-state index in [0.717, 1.165) is 24.5 Å². The topological polar surface area (TPSA) is 42.0 Å². The molecular formula is C12H15ClN2O. The van der Waals surface area contributed by atoms with E-state index in [1.165, 1.54) is 6.20 Å². The SMILES string of the molecule is Cc1cc(Cl)c(C(=O)NC2CC(C)C2)cn1. The van der Waals surface area contributed by atoms with E-state index in [1.54, 1.807) is 6.07 Å². The predicted octanol–water partition coefficient (Wildman–Crippen LogP) is 2.57. The lowest BCUT2D eigenvalue weighted by Gasteiger charge is -2.33. The van der Waals surface area contributed by atoms with Crippen molar-refractivity contribution in [2.45, 2.75) is 32.7 Å². The average Bonchev–Trinajstić information content (AvgIpc) is 2.15. The van der Waals surface area contributed by atoms with Crippen molar-refractivity contribution in [2.75, 3.05) is 0 Å². The number of aromatic nitrogens is 1. The number of halogens is 1. The van der Waals surface area contributed by atoms with Gasteiger partial charge in [-0.25, -0.2) is 0 Å². The molecule has 0 radical (unpaired) electrons. The molecule has 1 heterocycles. The standard InChI is InChI=1S/C12H15ClN2O/c1-7-3-9(4-7)15-12(16)10-6-14-8(2)5-11(10)13/h5-7,9H,3-4H2,1-2H3,(H,15,16). The van der Waals surface area contributed by atoms with Gasteiger partial charge in [0.1, 0.15) is 0 Å². The van der Waals surface area contributed by atoms with Crippen LogP contribution in [0.1, 0.15) is 35.8 Å². The van der Waals surface area contributed by atoms with Gasteiger partial charge in [-0.3, -0.25) is 9.78 Å². The number of pyridine rings is 1. The summed E-state index contributed by atoms with van der Waals surface area (Å²) in [4.78, 5) is 15.9. The summed E-state index contributed by atoms with van der Waals surface area (Å²) in [6, 6.07) is 2.01. The van der Waals surface area contributed by atoms with Crippen molar-refractivity contribution in [3.63, 3.8) is 0 Å². The van der Waals surface area contributed by atoms with E-state index in [2.05, 4.69) is 17.2 Å². The molecule has 0 unspecified atom stereocenters. The fraction of sp³-hybridized carbons (Fsp3) is 0.500. The van der Waals surface area contributed by atoms with Crippen LogP contribution >= 0.6 is 11.6 Å². The number of rotatable bonds is 2. The normalized spacial score (nSPS) is 23.7. The minimum Gasteiger partial charge on any atom is -0.349 e. The highest BCUT2D eigenvalue weighted by molar-refractivity contribution is 6.33. The molecule has 1 fully saturated rings. The van der Waals surface area contributed by atoms with Gasteiger partial charge >= 0.3 is 0 Å². The Hall–Kier alpha value is -1.09. The first-order valence-corrected chi connectivity index (χ1v) is 5.87. The Bertz CT molecular complexity index is 413. The Morgan fingerprint density at radius 3 is 2.81 bits per heavy atom. The Labute approximate surface area is 100 Å². The van der Waals surface area contributed by atoms with Crippen molar-refractivity contribution in [2.24, 2.45) is 5.92 Å². The summed E-state index contributed by atoms with van der Waals surface area (Å²) >= 11 is 6.00. The maximum atomic E-state index is 11.9. The Morgan fingerprint density at radius 1 is 1.56 bits per heavy atom. The molecule has 0 bridgehead atoms. The molecule has 0 saturated heterocycles. The number of amides is 1. The second kappa shape index (κ2) is 4.42. The highest BCUT2D eigenvalue weighted by Gasteiger charge is 2.27. The lowest BCUT2D eigenvalue weighted by atomic mass is 9.82. The molecule has 1 aromatic rings. The van der Waals surface area contributed by atoms with E-state index in [1.807, 2.05) is 6.92 Å². The number of hydrogen-bond acceptors (Lipinski definition) is 2. The van der Waals surface area contributed by atoms with Crippen LogP contribution in [0, 0.1) is 12.8 Å². The van der Waals surface area contributed by atoms with E-state index in [9.17, 15) is 4.79 Å². The van der Waals surface area contributed by atoms with Crippen LogP contribution in [0.2, 0.25) is 5.02 Å². The van der Waals surface area contributed by atoms with E-state index < -0.39 is 0 Å². The highest BCUT2D eigenvalue weighted by atomic mass is 35.5. The molecule has 0 atom stereocenters. The molecule has 0 spiro atoms. The molecular weight excluding hydrogens is 224 g/mol. The number of carbonyl (C=O) groups is 1. The van der Waals surface area contributed by atoms with Gasteiger partial charge in [0.15, 0.2) is 0 Å². The molecule has 16 heavy (non-hydrogen) atoms. The first-order valence-electron chi connectivity index (χ1n) is 5.49. The molecule has 1 aliphatic carbocycles. The summed E-state index contributed by atoms with van der Waals surface area (Å²) in [5, 5.41) is 3.43. The number of aryl methyl sites for hydroxylation is 1. The molecule has 1 N–H and O–H groups in total. The largest absolute Gasteiger partial charge is 0.349 e. The van der Waals surface area contributed by atoms with E-state index in [4.69, 9.17) is 11.6 Å². The minimum absolute atomic E-state index is 0.116. The van der Waals surface area contributed by atoms with Crippen molar-refractivity contribution in [1.29, 1.82) is 0 Å². The van der Waals surface area contributed by atoms with Crippen LogP contribution < -0.4 is 5.32 Å². The molecule has 1 amide bonds. The smallest absolute Gasteiger partial charge is 0.254 e. The average molecular weight is 239 g/mol. The molecule has 4 heteroatoms. The summed E-state index contributed by atoms with van der Waals surface area (Å²) in [6.07, 6.45) is 3.65. The molecule has 0 aliphatic heterocycles. The van der Waals surface area contributed by atoms with Crippen molar-refractivity contribution in [1.82, 2.24) is 10.3 Å². The lowest BCUT2D eigenvalue weighted by molar-refractivity contribution is 0.0896. The Kier molecular flexibility index (Phi) is 3.15. The van der Waals surface area contributed by atoms with Crippen LogP contribution in [0.3, 0.4) is 0 Å². The van der Waals surface area contributed by atoms with Gasteiger partial charge in [0.25, 0.3) is 5.91 Å². The highest BCUT2D eigenvalue weighted by Crippen LogP contribution is 2.27. The molecule has 86 valence electrons. The maximum Gasteiger partial charge on any atom is 0.254 e. The van der Waals surface area contributed by atoms with Crippen molar-refractivity contribution < 1.29 is 4.79 Å². The van der Waals surface area contributed by atoms with Crippen LogP contribution in [0.4, 0.5) is 0 Å². The van der Waals surface area contributed by atoms with E-state index >= 15 is 0 Å². The quantitative estimate of drug-likeness (QED) is 0.861. The van der Waals surface area contributed by atoms with Crippen LogP contribution in [-0.2, 0) is 0 Å². The maximum absolute atomic E-state index is 11.9. The Morgan fingerprint density at radius 2 is 2.25 bits per heavy atom. The monoisotopic (exact) mass is 238 g/mol. The molecule has 1 saturated carbocycles. The third kappa shape index (κ3) is 2.35. The van der Waals surface area contributed by atoms with Crippen LogP contribution in [-0.4, -0.2) is 16.9 Å². The van der Waals surface area contributed by atoms with Crippen molar-refractivity contribution in [3.05, 3.63) is 28.5 Å². The van der Waals surface area contributed by atoms with Gasteiger partial charge in [0.05, 0.1) is 10.6 Å². The minimum atomic E-state index is -0.116. The second-order valence-corrected chi connectivity index (χ2v) is 4.96. The van der Waals surface area contributed by atoms with Crippen molar-refractivity contribution >= 4 is 17.5 Å². The van der Waals surface area contributed by atoms with Gasteiger partial charge in [-0.2, -0.15) is 0 Å². The van der Waals surface area contributed by atoms with Gasteiger partial charge in [-0.1, -0.05) is 18.5 Å². The van der Waals surface area contributed by atoms with Crippen molar-refractivity contribution in [3.8, 4) is 0 Å². The fourth-order valence-electron chi connectivity index (χ4n) is 1.98. The Balaban J connectivity index is 2.03. The molecule has 3 nitrogen and oxygen atoms in total. The third-order valence-electron chi connectivity index (χ3n) is 2.94. The third-order valence-corrected chi connectivity index (χ3v) is 3.26. The van der Waals surface area contributed by atoms with E-state index in [0.29, 0.717) is 16.6 Å². The number of carbonyl (C=O) groups excluding carboxylic acids is 1. The van der Waals surface area contributed by atoms with Gasteiger partial charge in [0, 0.05) is 17.9 Å². The van der Waals surface area contributed by atoms with Gasteiger partial charge in [-0.05, 0) is 31.7 Å². The summed E-state index contributed by atoms with van der Waals surface area (Å²) in [6.45, 7) is 4.03. The van der Waals surface area contributed by atoms with Crippen LogP contribution in [0.15, 0.2) is 12.3 Å². The zero-order chi connectivity index (χ0) is 11.7. The molecule has 1 aromatic heterocycles. The van der Waals surface area contributed by atoms with E-state index in [-0.39, 0.29) is 5.91 Å². The van der Waals surface area contributed by atoms with Gasteiger partial charge in [-0.15, -0.1) is 0 Å². The first-order chi connectivity index (χ1) is 7.56. The molecule has 2 rings (SSSR count). The number of nitrogens with zero attached hydrogens (tertiary/aromatic N) is 1. The molecule has 1 aliphatic rings. The summed E-state index contributed by atoms with van der Waals surface area (Å²) in [5.74, 6) is 0.603. The fourth-order valence-corrected chi connectivity index (χ4v) is 2.27. The van der Waals surface area contributed by atoms with Gasteiger partial charge < -0.3 is 5.32 Å². The van der Waals surface area contributed by atoms with Crippen LogP contribution in [0.25, 0.3) is 0 Å². The zero-order valence-electron chi connectivity index (χ0n) is 9.46. The summed E-state index contributed by atoms with van der Waals surface area (Å²) in [7, 11) is 0. The number of hydrogen-bond donors (Lipinski definition) is 1. The lowest BCUT2D eigenvalue weighted by Crippen LogP contribution is -2.43. The van der Waals surface area contributed by atoms with Crippen LogP contribution in [0.5, 0.6) is 0 Å². The number of nitrogens with one attached hydrogen (secondary N) is 1. The summed E-state index contributed by atoms with van der Waals surface area (Å²) in [5.41, 5.74) is 1.28. The summed E-state index contributed by atoms with van der Waals surface area (Å²) < 4.78 is 0. The molecule has 0 aromatic carbocycles. The first kappa shape index (κ1) is 11.4. The second-order valence-electron chi connectivity index (χ2n) is 4.55.